The van der Waals surface area contributed by atoms with Crippen LogP contribution in [0.4, 0.5) is 0 Å². The quantitative estimate of drug-likeness (QED) is 0.321. The summed E-state index contributed by atoms with van der Waals surface area (Å²) in [7, 11) is 1.67. The van der Waals surface area contributed by atoms with Crippen LogP contribution in [0.15, 0.2) is 36.9 Å². The Morgan fingerprint density at radius 2 is 2.38 bits per heavy atom. The van der Waals surface area contributed by atoms with Gasteiger partial charge in [-0.05, 0) is 37.0 Å². The number of ether oxygens (including phenoxy) is 1. The molecule has 0 aliphatic heterocycles. The molecule has 1 unspecified atom stereocenters. The molecule has 0 saturated heterocycles. The number of nitrogens with one attached hydrogen (secondary N) is 1. The molecule has 0 saturated carbocycles. The number of allylic oxidation sites excluding steroid dienone is 1. The van der Waals surface area contributed by atoms with Crippen molar-refractivity contribution in [3.05, 3.63) is 42.5 Å². The SMILES string of the molecule is C=CCCCC(NN)c1cccc(OC)c1. The van der Waals surface area contributed by atoms with Crippen LogP contribution in [0.1, 0.15) is 30.9 Å². The molecule has 3 N–H and O–H groups in total. The van der Waals surface area contributed by atoms with Crippen LogP contribution in [0.3, 0.4) is 0 Å². The van der Waals surface area contributed by atoms with E-state index in [4.69, 9.17) is 10.6 Å². The Kier molecular flexibility index (Phi) is 5.61. The molecule has 3 nitrogen and oxygen atoms in total. The third kappa shape index (κ3) is 3.68. The van der Waals surface area contributed by atoms with Crippen LogP contribution in [0.25, 0.3) is 0 Å². The average Bonchev–Trinajstić information content (AvgIpc) is 2.35. The number of methoxy groups -OCH3 is 1. The van der Waals surface area contributed by atoms with Crippen molar-refractivity contribution in [2.75, 3.05) is 7.11 Å². The van der Waals surface area contributed by atoms with Gasteiger partial charge in [0, 0.05) is 6.04 Å². The van der Waals surface area contributed by atoms with E-state index in [9.17, 15) is 0 Å². The molecule has 0 aromatic heterocycles. The van der Waals surface area contributed by atoms with Gasteiger partial charge in [0.15, 0.2) is 0 Å². The normalized spacial score (nSPS) is 12.1. The molecule has 0 aliphatic rings. The molecule has 1 atom stereocenters. The molecule has 0 fully saturated rings. The summed E-state index contributed by atoms with van der Waals surface area (Å²) in [6, 6.07) is 8.15. The highest BCUT2D eigenvalue weighted by atomic mass is 16.5. The lowest BCUT2D eigenvalue weighted by Gasteiger charge is -2.16. The lowest BCUT2D eigenvalue weighted by atomic mass is 10.0. The second-order valence-electron chi connectivity index (χ2n) is 3.72. The molecular formula is C13H20N2O. The fraction of sp³-hybridized carbons (Fsp3) is 0.385. The summed E-state index contributed by atoms with van der Waals surface area (Å²) in [5.41, 5.74) is 4.00. The van der Waals surface area contributed by atoms with Gasteiger partial charge in [-0.25, -0.2) is 0 Å². The van der Waals surface area contributed by atoms with Crippen LogP contribution >= 0.6 is 0 Å². The van der Waals surface area contributed by atoms with Gasteiger partial charge in [0.2, 0.25) is 0 Å². The Balaban J connectivity index is 2.65. The van der Waals surface area contributed by atoms with Gasteiger partial charge in [-0.15, -0.1) is 6.58 Å². The van der Waals surface area contributed by atoms with E-state index in [1.54, 1.807) is 7.11 Å². The van der Waals surface area contributed by atoms with Crippen LogP contribution in [0, 0.1) is 0 Å². The molecule has 3 heteroatoms. The van der Waals surface area contributed by atoms with E-state index >= 15 is 0 Å². The highest BCUT2D eigenvalue weighted by Gasteiger charge is 2.09. The van der Waals surface area contributed by atoms with E-state index in [0.29, 0.717) is 0 Å². The summed E-state index contributed by atoms with van der Waals surface area (Å²) in [6.07, 6.45) is 5.02. The number of benzene rings is 1. The third-order valence-electron chi connectivity index (χ3n) is 2.60. The Labute approximate surface area is 97.3 Å². The van der Waals surface area contributed by atoms with Crippen LogP contribution in [-0.2, 0) is 0 Å². The van der Waals surface area contributed by atoms with Gasteiger partial charge in [0.05, 0.1) is 7.11 Å². The van der Waals surface area contributed by atoms with E-state index < -0.39 is 0 Å². The second-order valence-corrected chi connectivity index (χ2v) is 3.72. The van der Waals surface area contributed by atoms with Gasteiger partial charge in [0.1, 0.15) is 5.75 Å². The maximum Gasteiger partial charge on any atom is 0.119 e. The fourth-order valence-corrected chi connectivity index (χ4v) is 1.67. The number of rotatable bonds is 7. The van der Waals surface area contributed by atoms with Crippen LogP contribution in [0.5, 0.6) is 5.75 Å². The first kappa shape index (κ1) is 12.7. The smallest absolute Gasteiger partial charge is 0.119 e. The predicted octanol–water partition coefficient (Wildman–Crippen LogP) is 2.56. The fourth-order valence-electron chi connectivity index (χ4n) is 1.67. The Hall–Kier alpha value is -1.32. The Bertz CT molecular complexity index is 325. The van der Waals surface area contributed by atoms with Crippen molar-refractivity contribution in [3.8, 4) is 5.75 Å². The van der Waals surface area contributed by atoms with Crippen molar-refractivity contribution in [2.24, 2.45) is 5.84 Å². The molecule has 0 bridgehead atoms. The van der Waals surface area contributed by atoms with Crippen molar-refractivity contribution >= 4 is 0 Å². The molecule has 0 aliphatic carbocycles. The van der Waals surface area contributed by atoms with Gasteiger partial charge in [-0.3, -0.25) is 11.3 Å². The number of hydrogen-bond acceptors (Lipinski definition) is 3. The lowest BCUT2D eigenvalue weighted by molar-refractivity contribution is 0.412. The molecular weight excluding hydrogens is 200 g/mol. The highest BCUT2D eigenvalue weighted by Crippen LogP contribution is 2.22. The van der Waals surface area contributed by atoms with Crippen molar-refractivity contribution in [1.82, 2.24) is 5.43 Å². The van der Waals surface area contributed by atoms with Gasteiger partial charge >= 0.3 is 0 Å². The van der Waals surface area contributed by atoms with E-state index in [-0.39, 0.29) is 6.04 Å². The summed E-state index contributed by atoms with van der Waals surface area (Å²) < 4.78 is 5.19. The highest BCUT2D eigenvalue weighted by molar-refractivity contribution is 5.30. The number of hydrogen-bond donors (Lipinski definition) is 2. The first-order chi connectivity index (χ1) is 7.81. The zero-order chi connectivity index (χ0) is 11.8. The van der Waals surface area contributed by atoms with Crippen LogP contribution < -0.4 is 16.0 Å². The summed E-state index contributed by atoms with van der Waals surface area (Å²) in [6.45, 7) is 3.71. The lowest BCUT2D eigenvalue weighted by Crippen LogP contribution is -2.27. The standard InChI is InChI=1S/C13H20N2O/c1-3-4-5-9-13(15-14)11-7-6-8-12(10-11)16-2/h3,6-8,10,13,15H,1,4-5,9,14H2,2H3. The topological polar surface area (TPSA) is 47.3 Å². The zero-order valence-corrected chi connectivity index (χ0v) is 9.78. The van der Waals surface area contributed by atoms with Crippen molar-refractivity contribution < 1.29 is 4.74 Å². The molecule has 0 amide bonds. The minimum atomic E-state index is 0.176. The molecule has 1 aromatic rings. The van der Waals surface area contributed by atoms with Crippen molar-refractivity contribution in [3.63, 3.8) is 0 Å². The van der Waals surface area contributed by atoms with Gasteiger partial charge in [-0.1, -0.05) is 18.2 Å². The largest absolute Gasteiger partial charge is 0.497 e. The average molecular weight is 220 g/mol. The van der Waals surface area contributed by atoms with Crippen molar-refractivity contribution in [1.29, 1.82) is 0 Å². The molecule has 88 valence electrons. The summed E-state index contributed by atoms with van der Waals surface area (Å²) >= 11 is 0. The van der Waals surface area contributed by atoms with Crippen LogP contribution in [-0.4, -0.2) is 7.11 Å². The van der Waals surface area contributed by atoms with Gasteiger partial charge < -0.3 is 4.74 Å². The number of unbranched alkanes of at least 4 members (excludes halogenated alkanes) is 1. The van der Waals surface area contributed by atoms with E-state index in [2.05, 4.69) is 18.1 Å². The van der Waals surface area contributed by atoms with Crippen molar-refractivity contribution in [2.45, 2.75) is 25.3 Å². The maximum atomic E-state index is 5.56. The maximum absolute atomic E-state index is 5.56. The number of nitrogens with two attached hydrogens (primary N) is 1. The molecule has 0 spiro atoms. The molecule has 16 heavy (non-hydrogen) atoms. The Morgan fingerprint density at radius 3 is 3.00 bits per heavy atom. The van der Waals surface area contributed by atoms with E-state index in [0.717, 1.165) is 30.6 Å². The monoisotopic (exact) mass is 220 g/mol. The third-order valence-corrected chi connectivity index (χ3v) is 2.60. The minimum Gasteiger partial charge on any atom is -0.497 e. The first-order valence-electron chi connectivity index (χ1n) is 5.52. The zero-order valence-electron chi connectivity index (χ0n) is 9.78. The van der Waals surface area contributed by atoms with E-state index in [1.807, 2.05) is 24.3 Å². The summed E-state index contributed by atoms with van der Waals surface area (Å²) in [5, 5.41) is 0. The molecule has 1 rings (SSSR count). The minimum absolute atomic E-state index is 0.176. The van der Waals surface area contributed by atoms with Gasteiger partial charge in [-0.2, -0.15) is 0 Å². The molecule has 0 radical (unpaired) electrons. The molecule has 1 aromatic carbocycles. The first-order valence-corrected chi connectivity index (χ1v) is 5.52. The number of hydrazine groups is 1. The molecule has 0 heterocycles. The van der Waals surface area contributed by atoms with Gasteiger partial charge in [0.25, 0.3) is 0 Å². The predicted molar refractivity (Wildman–Crippen MR) is 67.1 cm³/mol. The second kappa shape index (κ2) is 7.04. The summed E-state index contributed by atoms with van der Waals surface area (Å²) in [4.78, 5) is 0. The Morgan fingerprint density at radius 1 is 1.56 bits per heavy atom. The van der Waals surface area contributed by atoms with Crippen LogP contribution in [0.2, 0.25) is 0 Å². The summed E-state index contributed by atoms with van der Waals surface area (Å²) in [5.74, 6) is 6.42. The van der Waals surface area contributed by atoms with E-state index in [1.165, 1.54) is 0 Å².